The Morgan fingerprint density at radius 3 is 1.58 bits per heavy atom. The zero-order valence-corrected chi connectivity index (χ0v) is 7.97. The highest BCUT2D eigenvalue weighted by Gasteiger charge is 1.73. The van der Waals surface area contributed by atoms with Crippen molar-refractivity contribution in [2.24, 2.45) is 5.73 Å². The van der Waals surface area contributed by atoms with E-state index in [1.54, 1.807) is 0 Å². The van der Waals surface area contributed by atoms with Crippen molar-refractivity contribution in [2.75, 3.05) is 6.54 Å². The zero-order chi connectivity index (χ0) is 9.23. The molecule has 3 heteroatoms. The molecular weight excluding hydrogens is 168 g/mol. The molecule has 0 saturated carbocycles. The van der Waals surface area contributed by atoms with Crippen LogP contribution in [0.25, 0.3) is 0 Å². The molecule has 0 fully saturated rings. The third kappa shape index (κ3) is 8.91. The van der Waals surface area contributed by atoms with Gasteiger partial charge in [0.1, 0.15) is 0 Å². The lowest BCUT2D eigenvalue weighted by Crippen LogP contribution is -2.28. The van der Waals surface area contributed by atoms with Gasteiger partial charge in [0.05, 0.1) is 0 Å². The molecule has 1 rings (SSSR count). The van der Waals surface area contributed by atoms with Crippen molar-refractivity contribution in [2.45, 2.75) is 6.92 Å². The fraction of sp³-hybridized carbons (Fsp3) is 0.222. The van der Waals surface area contributed by atoms with Gasteiger partial charge in [-0.3, -0.25) is 0 Å². The minimum atomic E-state index is 0.373. The standard InChI is InChI=1S/C6H6.C3H8N2S/c1-2-4-6-5-3-1;1-2-5-3(4)6/h1-6H;2H2,1H3,(H3,4,5,6). The van der Waals surface area contributed by atoms with Crippen LogP contribution in [0.3, 0.4) is 0 Å². The lowest BCUT2D eigenvalue weighted by molar-refractivity contribution is 0.973. The number of rotatable bonds is 1. The predicted octanol–water partition coefficient (Wildman–Crippen LogP) is 1.53. The van der Waals surface area contributed by atoms with Crippen molar-refractivity contribution < 1.29 is 0 Å². The summed E-state index contributed by atoms with van der Waals surface area (Å²) in [6, 6.07) is 12.0. The highest BCUT2D eigenvalue weighted by Crippen LogP contribution is 1.79. The molecule has 66 valence electrons. The summed E-state index contributed by atoms with van der Waals surface area (Å²) in [5.74, 6) is 0. The number of hydrogen-bond donors (Lipinski definition) is 2. The van der Waals surface area contributed by atoms with Gasteiger partial charge in [-0.2, -0.15) is 0 Å². The quantitative estimate of drug-likeness (QED) is 0.647. The Bertz CT molecular complexity index is 172. The first-order valence-electron chi connectivity index (χ1n) is 3.80. The number of nitrogens with one attached hydrogen (secondary N) is 1. The van der Waals surface area contributed by atoms with Gasteiger partial charge in [0.25, 0.3) is 0 Å². The molecule has 0 amide bonds. The average Bonchev–Trinajstić information content (AvgIpc) is 2.08. The van der Waals surface area contributed by atoms with Crippen LogP contribution in [0.15, 0.2) is 36.4 Å². The number of benzene rings is 1. The number of hydrogen-bond acceptors (Lipinski definition) is 1. The fourth-order valence-electron chi connectivity index (χ4n) is 0.559. The first-order valence-corrected chi connectivity index (χ1v) is 4.21. The normalized spacial score (nSPS) is 7.75. The summed E-state index contributed by atoms with van der Waals surface area (Å²) in [4.78, 5) is 0. The topological polar surface area (TPSA) is 38.0 Å². The van der Waals surface area contributed by atoms with Crippen LogP contribution in [-0.4, -0.2) is 11.7 Å². The maximum Gasteiger partial charge on any atom is 0.163 e. The van der Waals surface area contributed by atoms with Crippen molar-refractivity contribution in [1.29, 1.82) is 0 Å². The molecule has 3 N–H and O–H groups in total. The second-order valence-corrected chi connectivity index (χ2v) is 2.49. The molecule has 1 aromatic rings. The minimum Gasteiger partial charge on any atom is -0.376 e. The molecule has 0 aromatic heterocycles. The van der Waals surface area contributed by atoms with Gasteiger partial charge in [-0.15, -0.1) is 0 Å². The van der Waals surface area contributed by atoms with E-state index in [-0.39, 0.29) is 0 Å². The van der Waals surface area contributed by atoms with E-state index in [0.717, 1.165) is 6.54 Å². The Morgan fingerprint density at radius 1 is 1.17 bits per heavy atom. The minimum absolute atomic E-state index is 0.373. The van der Waals surface area contributed by atoms with Gasteiger partial charge in [-0.1, -0.05) is 36.4 Å². The summed E-state index contributed by atoms with van der Waals surface area (Å²) in [7, 11) is 0. The van der Waals surface area contributed by atoms with E-state index in [4.69, 9.17) is 5.73 Å². The van der Waals surface area contributed by atoms with Crippen molar-refractivity contribution in [3.63, 3.8) is 0 Å². The second-order valence-electron chi connectivity index (χ2n) is 2.05. The molecule has 0 spiro atoms. The first kappa shape index (κ1) is 10.9. The molecule has 12 heavy (non-hydrogen) atoms. The van der Waals surface area contributed by atoms with Crippen LogP contribution in [0.5, 0.6) is 0 Å². The maximum absolute atomic E-state index is 5.02. The maximum atomic E-state index is 5.02. The third-order valence-electron chi connectivity index (χ3n) is 1.02. The van der Waals surface area contributed by atoms with Gasteiger partial charge >= 0.3 is 0 Å². The van der Waals surface area contributed by atoms with E-state index in [0.29, 0.717) is 5.11 Å². The van der Waals surface area contributed by atoms with Crippen molar-refractivity contribution in [3.8, 4) is 0 Å². The van der Waals surface area contributed by atoms with Crippen molar-refractivity contribution in [1.82, 2.24) is 5.32 Å². The molecule has 0 saturated heterocycles. The molecular formula is C9H14N2S. The van der Waals surface area contributed by atoms with Crippen LogP contribution in [0.4, 0.5) is 0 Å². The smallest absolute Gasteiger partial charge is 0.163 e. The highest BCUT2D eigenvalue weighted by atomic mass is 32.1. The van der Waals surface area contributed by atoms with Gasteiger partial charge < -0.3 is 11.1 Å². The van der Waals surface area contributed by atoms with Crippen LogP contribution in [0.2, 0.25) is 0 Å². The molecule has 1 aromatic carbocycles. The summed E-state index contributed by atoms with van der Waals surface area (Å²) in [5, 5.41) is 3.09. The molecule has 0 radical (unpaired) electrons. The van der Waals surface area contributed by atoms with E-state index in [2.05, 4.69) is 17.5 Å². The van der Waals surface area contributed by atoms with E-state index in [1.807, 2.05) is 43.3 Å². The average molecular weight is 182 g/mol. The molecule has 0 heterocycles. The molecule has 0 bridgehead atoms. The van der Waals surface area contributed by atoms with Gasteiger partial charge in [-0.25, -0.2) is 0 Å². The van der Waals surface area contributed by atoms with Gasteiger partial charge in [0.2, 0.25) is 0 Å². The molecule has 0 aliphatic heterocycles. The van der Waals surface area contributed by atoms with E-state index >= 15 is 0 Å². The Kier molecular flexibility index (Phi) is 7.28. The summed E-state index contributed by atoms with van der Waals surface area (Å²) in [6.45, 7) is 2.76. The first-order chi connectivity index (χ1) is 5.77. The number of nitrogens with two attached hydrogens (primary N) is 1. The molecule has 0 atom stereocenters. The summed E-state index contributed by atoms with van der Waals surface area (Å²) < 4.78 is 0. The number of thiocarbonyl (C=S) groups is 1. The third-order valence-corrected chi connectivity index (χ3v) is 1.16. The largest absolute Gasteiger partial charge is 0.376 e. The Hall–Kier alpha value is -1.09. The molecule has 0 aliphatic rings. The lowest BCUT2D eigenvalue weighted by atomic mass is 10.4. The molecule has 0 aliphatic carbocycles. The van der Waals surface area contributed by atoms with E-state index in [1.165, 1.54) is 0 Å². The summed E-state index contributed by atoms with van der Waals surface area (Å²) in [5.41, 5.74) is 5.02. The van der Waals surface area contributed by atoms with Crippen LogP contribution >= 0.6 is 12.2 Å². The SMILES string of the molecule is CCNC(N)=S.c1ccccc1. The molecule has 0 unspecified atom stereocenters. The monoisotopic (exact) mass is 182 g/mol. The molecule has 2 nitrogen and oxygen atoms in total. The summed E-state index contributed by atoms with van der Waals surface area (Å²) in [6.07, 6.45) is 0. The van der Waals surface area contributed by atoms with Crippen molar-refractivity contribution in [3.05, 3.63) is 36.4 Å². The zero-order valence-electron chi connectivity index (χ0n) is 7.16. The highest BCUT2D eigenvalue weighted by molar-refractivity contribution is 7.80. The summed E-state index contributed by atoms with van der Waals surface area (Å²) >= 11 is 4.46. The Labute approximate surface area is 78.8 Å². The van der Waals surface area contributed by atoms with Crippen LogP contribution in [0, 0.1) is 0 Å². The van der Waals surface area contributed by atoms with E-state index < -0.39 is 0 Å². The lowest BCUT2D eigenvalue weighted by Gasteiger charge is -1.92. The van der Waals surface area contributed by atoms with Crippen LogP contribution in [-0.2, 0) is 0 Å². The second kappa shape index (κ2) is 8.01. The fourth-order valence-corrected chi connectivity index (χ4v) is 0.703. The van der Waals surface area contributed by atoms with Crippen LogP contribution in [0.1, 0.15) is 6.92 Å². The van der Waals surface area contributed by atoms with Crippen LogP contribution < -0.4 is 11.1 Å². The van der Waals surface area contributed by atoms with E-state index in [9.17, 15) is 0 Å². The Morgan fingerprint density at radius 2 is 1.50 bits per heavy atom. The van der Waals surface area contributed by atoms with Crippen molar-refractivity contribution >= 4 is 17.3 Å². The predicted molar refractivity (Wildman–Crippen MR) is 56.9 cm³/mol. The Balaban J connectivity index is 0.000000202. The van der Waals surface area contributed by atoms with Gasteiger partial charge in [0, 0.05) is 6.54 Å². The van der Waals surface area contributed by atoms with Gasteiger partial charge in [-0.05, 0) is 19.1 Å². The van der Waals surface area contributed by atoms with Gasteiger partial charge in [0.15, 0.2) is 5.11 Å².